The molecule has 210 valence electrons. The Labute approximate surface area is 247 Å². The summed E-state index contributed by atoms with van der Waals surface area (Å²) in [5.74, 6) is 0.219. The number of aromatic nitrogens is 1. The summed E-state index contributed by atoms with van der Waals surface area (Å²) < 4.78 is 13.4. The molecule has 0 bridgehead atoms. The molecule has 4 aromatic rings. The van der Waals surface area contributed by atoms with Gasteiger partial charge in [-0.25, -0.2) is 9.79 Å². The number of halogens is 1. The summed E-state index contributed by atoms with van der Waals surface area (Å²) in [5, 5.41) is 0.660. The third kappa shape index (κ3) is 5.99. The van der Waals surface area contributed by atoms with Crippen LogP contribution in [0.25, 0.3) is 6.08 Å². The van der Waals surface area contributed by atoms with E-state index in [2.05, 4.69) is 4.99 Å². The van der Waals surface area contributed by atoms with Crippen molar-refractivity contribution >= 4 is 40.7 Å². The molecule has 2 heterocycles. The van der Waals surface area contributed by atoms with Crippen molar-refractivity contribution in [3.63, 3.8) is 0 Å². The number of carbonyl (C=O) groups excluding carboxylic acids is 1. The molecule has 0 amide bonds. The summed E-state index contributed by atoms with van der Waals surface area (Å²) in [6, 6.07) is 22.2. The van der Waals surface area contributed by atoms with Crippen LogP contribution in [0.15, 0.2) is 93.9 Å². The Kier molecular flexibility index (Phi) is 8.42. The molecule has 0 saturated heterocycles. The Hall–Kier alpha value is -4.14. The number of anilines is 1. The quantitative estimate of drug-likeness (QED) is 0.268. The van der Waals surface area contributed by atoms with Crippen LogP contribution in [0.3, 0.4) is 0 Å². The van der Waals surface area contributed by atoms with Crippen LogP contribution >= 0.6 is 22.9 Å². The van der Waals surface area contributed by atoms with Crippen molar-refractivity contribution in [3.05, 3.63) is 125 Å². The molecule has 0 saturated carbocycles. The molecule has 7 nitrogen and oxygen atoms in total. The van der Waals surface area contributed by atoms with Crippen LogP contribution in [0.5, 0.6) is 5.75 Å². The van der Waals surface area contributed by atoms with E-state index >= 15 is 0 Å². The average molecular weight is 588 g/mol. The predicted octanol–water partition coefficient (Wildman–Crippen LogP) is 5.10. The monoisotopic (exact) mass is 587 g/mol. The zero-order valence-electron chi connectivity index (χ0n) is 23.3. The number of ether oxygens (including phenoxy) is 2. The van der Waals surface area contributed by atoms with E-state index in [1.165, 1.54) is 11.3 Å². The molecule has 1 aliphatic heterocycles. The lowest BCUT2D eigenvalue weighted by Crippen LogP contribution is -2.39. The van der Waals surface area contributed by atoms with Gasteiger partial charge in [-0.1, -0.05) is 65.4 Å². The molecule has 41 heavy (non-hydrogen) atoms. The maximum Gasteiger partial charge on any atom is 0.338 e. The number of nitrogens with zero attached hydrogens (tertiary/aromatic N) is 3. The Morgan fingerprint density at radius 2 is 1.78 bits per heavy atom. The van der Waals surface area contributed by atoms with Gasteiger partial charge < -0.3 is 14.4 Å². The van der Waals surface area contributed by atoms with Crippen LogP contribution < -0.4 is 24.5 Å². The zero-order chi connectivity index (χ0) is 29.1. The largest absolute Gasteiger partial charge is 0.489 e. The normalized spacial score (nSPS) is 14.9. The van der Waals surface area contributed by atoms with Crippen molar-refractivity contribution < 1.29 is 14.3 Å². The molecule has 1 unspecified atom stereocenters. The van der Waals surface area contributed by atoms with E-state index < -0.39 is 12.0 Å². The van der Waals surface area contributed by atoms with Crippen LogP contribution in [0, 0.1) is 0 Å². The minimum atomic E-state index is -0.649. The maximum atomic E-state index is 13.8. The first-order valence-corrected chi connectivity index (χ1v) is 14.4. The van der Waals surface area contributed by atoms with Gasteiger partial charge in [0.25, 0.3) is 5.56 Å². The van der Waals surface area contributed by atoms with Crippen molar-refractivity contribution in [1.82, 2.24) is 4.57 Å². The molecule has 9 heteroatoms. The van der Waals surface area contributed by atoms with Gasteiger partial charge in [-0.3, -0.25) is 9.36 Å². The second-order valence-corrected chi connectivity index (χ2v) is 11.2. The highest BCUT2D eigenvalue weighted by Crippen LogP contribution is 2.31. The molecule has 3 aromatic carbocycles. The highest BCUT2D eigenvalue weighted by molar-refractivity contribution is 7.07. The highest BCUT2D eigenvalue weighted by atomic mass is 35.5. The molecule has 5 rings (SSSR count). The fourth-order valence-corrected chi connectivity index (χ4v) is 5.89. The number of hydrogen-bond donors (Lipinski definition) is 0. The van der Waals surface area contributed by atoms with Gasteiger partial charge in [-0.15, -0.1) is 0 Å². The van der Waals surface area contributed by atoms with E-state index in [4.69, 9.17) is 21.1 Å². The average Bonchev–Trinajstić information content (AvgIpc) is 3.26. The van der Waals surface area contributed by atoms with Crippen LogP contribution in [0.4, 0.5) is 5.69 Å². The minimum Gasteiger partial charge on any atom is -0.489 e. The molecular formula is C32H30ClN3O4S. The highest BCUT2D eigenvalue weighted by Gasteiger charge is 2.33. The lowest BCUT2D eigenvalue weighted by atomic mass is 9.95. The number of benzene rings is 3. The fourth-order valence-electron chi connectivity index (χ4n) is 4.65. The smallest absolute Gasteiger partial charge is 0.338 e. The fraction of sp³-hybridized carbons (Fsp3) is 0.219. The Balaban J connectivity index is 1.50. The van der Waals surface area contributed by atoms with E-state index in [0.29, 0.717) is 38.0 Å². The molecule has 1 atom stereocenters. The summed E-state index contributed by atoms with van der Waals surface area (Å²) in [6.07, 6.45) is 1.83. The summed E-state index contributed by atoms with van der Waals surface area (Å²) >= 11 is 7.53. The van der Waals surface area contributed by atoms with Crippen molar-refractivity contribution in [2.45, 2.75) is 26.5 Å². The van der Waals surface area contributed by atoms with Crippen molar-refractivity contribution in [2.75, 3.05) is 25.6 Å². The molecule has 1 aromatic heterocycles. The number of fused-ring (bicyclic) bond motifs is 1. The van der Waals surface area contributed by atoms with Crippen molar-refractivity contribution in [3.8, 4) is 5.75 Å². The molecule has 1 aliphatic rings. The van der Waals surface area contributed by atoms with E-state index in [-0.39, 0.29) is 12.2 Å². The van der Waals surface area contributed by atoms with Crippen LogP contribution in [-0.2, 0) is 16.1 Å². The second kappa shape index (κ2) is 12.2. The Bertz CT molecular complexity index is 1790. The summed E-state index contributed by atoms with van der Waals surface area (Å²) in [7, 11) is 3.92. The van der Waals surface area contributed by atoms with E-state index in [1.807, 2.05) is 97.9 Å². The third-order valence-electron chi connectivity index (χ3n) is 6.77. The maximum absolute atomic E-state index is 13.8. The Morgan fingerprint density at radius 1 is 1.07 bits per heavy atom. The number of allylic oxidation sites excluding steroid dienone is 1. The van der Waals surface area contributed by atoms with Crippen molar-refractivity contribution in [1.29, 1.82) is 0 Å². The first-order valence-electron chi connectivity index (χ1n) is 13.2. The first kappa shape index (κ1) is 28.4. The van der Waals surface area contributed by atoms with Gasteiger partial charge in [-0.2, -0.15) is 0 Å². The number of thiazole rings is 1. The van der Waals surface area contributed by atoms with Crippen molar-refractivity contribution in [2.24, 2.45) is 4.99 Å². The number of esters is 1. The SMILES string of the molecule is CCOC(=O)C1=C(C)N=c2s/c(=C/c3ccc(OCc4ccccc4Cl)cc3)c(=O)n2C1c1ccc(N(C)C)cc1. The zero-order valence-corrected chi connectivity index (χ0v) is 24.8. The second-order valence-electron chi connectivity index (χ2n) is 9.74. The molecular weight excluding hydrogens is 558 g/mol. The summed E-state index contributed by atoms with van der Waals surface area (Å²) in [5.41, 5.74) is 4.25. The van der Waals surface area contributed by atoms with Gasteiger partial charge in [0, 0.05) is 30.4 Å². The van der Waals surface area contributed by atoms with E-state index in [9.17, 15) is 9.59 Å². The summed E-state index contributed by atoms with van der Waals surface area (Å²) in [4.78, 5) is 34.1. The van der Waals surface area contributed by atoms with Gasteiger partial charge in [0.05, 0.1) is 28.5 Å². The molecule has 0 N–H and O–H groups in total. The molecule has 0 aliphatic carbocycles. The van der Waals surface area contributed by atoms with Crippen LogP contribution in [0.2, 0.25) is 5.02 Å². The minimum absolute atomic E-state index is 0.219. The standard InChI is InChI=1S/C32H30ClN3O4S/c1-5-39-31(38)28-20(2)34-32-36(29(28)22-12-14-24(15-13-22)35(3)4)30(37)27(41-32)18-21-10-16-25(17-11-21)40-19-23-8-6-7-9-26(23)33/h6-18,29H,5,19H2,1-4H3/b27-18+. The number of rotatable bonds is 8. The lowest BCUT2D eigenvalue weighted by molar-refractivity contribution is -0.139. The topological polar surface area (TPSA) is 73.1 Å². The van der Waals surface area contributed by atoms with Gasteiger partial charge in [0.2, 0.25) is 0 Å². The number of hydrogen-bond acceptors (Lipinski definition) is 7. The van der Waals surface area contributed by atoms with Crippen LogP contribution in [-0.4, -0.2) is 31.2 Å². The number of carbonyl (C=O) groups is 1. The molecule has 0 radical (unpaired) electrons. The van der Waals surface area contributed by atoms with Crippen LogP contribution in [0.1, 0.15) is 36.6 Å². The van der Waals surface area contributed by atoms with E-state index in [0.717, 1.165) is 22.4 Å². The Morgan fingerprint density at radius 3 is 2.44 bits per heavy atom. The predicted molar refractivity (Wildman–Crippen MR) is 163 cm³/mol. The van der Waals surface area contributed by atoms with Gasteiger partial charge in [-0.05, 0) is 61.4 Å². The van der Waals surface area contributed by atoms with Gasteiger partial charge >= 0.3 is 5.97 Å². The first-order chi connectivity index (χ1) is 19.8. The third-order valence-corrected chi connectivity index (χ3v) is 8.12. The molecule has 0 spiro atoms. The van der Waals surface area contributed by atoms with E-state index in [1.54, 1.807) is 18.4 Å². The lowest BCUT2D eigenvalue weighted by Gasteiger charge is -2.25. The summed E-state index contributed by atoms with van der Waals surface area (Å²) in [6.45, 7) is 4.13. The van der Waals surface area contributed by atoms with Gasteiger partial charge in [0.15, 0.2) is 4.80 Å². The van der Waals surface area contributed by atoms with Gasteiger partial charge in [0.1, 0.15) is 12.4 Å². The molecule has 0 fully saturated rings.